The van der Waals surface area contributed by atoms with E-state index in [4.69, 9.17) is 70.1 Å². The van der Waals surface area contributed by atoms with E-state index in [1.165, 1.54) is 98.1 Å². The van der Waals surface area contributed by atoms with Gasteiger partial charge in [0.15, 0.2) is 5.75 Å². The minimum atomic E-state index is -4.90. The Labute approximate surface area is 475 Å². The summed E-state index contributed by atoms with van der Waals surface area (Å²) in [6.45, 7) is 1.28. The number of hydrogen-bond donors (Lipinski definition) is 5. The largest absolute Gasteiger partial charge is 0.495 e. The summed E-state index contributed by atoms with van der Waals surface area (Å²) in [5.74, 6) is -4.27. The first-order valence-corrected chi connectivity index (χ1v) is 26.9. The molecule has 2 unspecified atom stereocenters. The average molecular weight is 1210 g/mol. The minimum Gasteiger partial charge on any atom is -0.495 e. The summed E-state index contributed by atoms with van der Waals surface area (Å²) < 4.78 is 128. The van der Waals surface area contributed by atoms with E-state index in [9.17, 15) is 41.2 Å². The van der Waals surface area contributed by atoms with Gasteiger partial charge in [-0.3, -0.25) is 19.1 Å². The molecule has 0 aliphatic carbocycles. The Morgan fingerprint density at radius 1 is 0.725 bits per heavy atom. The molecule has 26 heteroatoms. The van der Waals surface area contributed by atoms with Gasteiger partial charge in [-0.05, 0) is 103 Å². The fourth-order valence-corrected chi connectivity index (χ4v) is 10.3. The maximum atomic E-state index is 15.7. The lowest BCUT2D eigenvalue weighted by Gasteiger charge is -2.31. The van der Waals surface area contributed by atoms with Crippen molar-refractivity contribution in [3.8, 4) is 23.3 Å². The molecule has 6 aromatic carbocycles. The fourth-order valence-electron chi connectivity index (χ4n) is 8.45. The number of ether oxygens (including phenoxy) is 5. The van der Waals surface area contributed by atoms with Crippen LogP contribution in [0.15, 0.2) is 120 Å². The minimum absolute atomic E-state index is 0.0393. The van der Waals surface area contributed by atoms with Crippen molar-refractivity contribution in [2.45, 2.75) is 28.4 Å². The molecule has 422 valence electrons. The molecular weight excluding hydrogens is 1160 g/mol. The van der Waals surface area contributed by atoms with Crippen LogP contribution >= 0.6 is 46.4 Å². The summed E-state index contributed by atoms with van der Waals surface area (Å²) in [5, 5.41) is 21.0. The lowest BCUT2D eigenvalue weighted by Crippen LogP contribution is -2.41. The molecule has 6 aromatic rings. The molecule has 0 spiro atoms. The third kappa shape index (κ3) is 15.0. The van der Waals surface area contributed by atoms with Crippen molar-refractivity contribution in [3.63, 3.8) is 0 Å². The molecule has 0 bridgehead atoms. The first kappa shape index (κ1) is 60.9. The SMILES string of the molecule is COc1cc(C(=O)NCCOCCOCCOCCNC(=O)c2ccc(Oc3ccc(Cl)cc3NS(=O)(=O)c3ccc(Cl)c(C(F)(F)F)c3)cc2)ccc1NC(=O)C1NCC(C#N)(c2ccc(Cl)cc2F)[C@H]1c1cccc(Cl)c1F. The molecule has 3 atom stereocenters. The van der Waals surface area contributed by atoms with Gasteiger partial charge in [-0.2, -0.15) is 18.4 Å². The average Bonchev–Trinajstić information content (AvgIpc) is 3.86. The first-order valence-electron chi connectivity index (χ1n) is 24.0. The molecule has 1 aliphatic rings. The summed E-state index contributed by atoms with van der Waals surface area (Å²) >= 11 is 23.9. The van der Waals surface area contributed by atoms with E-state index in [0.29, 0.717) is 6.07 Å². The van der Waals surface area contributed by atoms with Gasteiger partial charge in [0, 0.05) is 52.3 Å². The zero-order valence-electron chi connectivity index (χ0n) is 41.8. The number of hydrogen-bond acceptors (Lipinski definition) is 12. The number of methoxy groups -OCH3 is 1. The van der Waals surface area contributed by atoms with Crippen molar-refractivity contribution in [1.29, 1.82) is 5.26 Å². The lowest BCUT2D eigenvalue weighted by atomic mass is 9.68. The maximum Gasteiger partial charge on any atom is 0.417 e. The van der Waals surface area contributed by atoms with Gasteiger partial charge in [-0.1, -0.05) is 64.6 Å². The van der Waals surface area contributed by atoms with Gasteiger partial charge >= 0.3 is 6.18 Å². The van der Waals surface area contributed by atoms with Crippen LogP contribution in [0.25, 0.3) is 0 Å². The van der Waals surface area contributed by atoms with Gasteiger partial charge in [-0.25, -0.2) is 17.2 Å². The van der Waals surface area contributed by atoms with Crippen LogP contribution in [0.1, 0.15) is 43.3 Å². The summed E-state index contributed by atoms with van der Waals surface area (Å²) in [7, 11) is -3.24. The van der Waals surface area contributed by atoms with Gasteiger partial charge in [-0.15, -0.1) is 0 Å². The second-order valence-corrected chi connectivity index (χ2v) is 20.8. The van der Waals surface area contributed by atoms with Crippen molar-refractivity contribution in [2.75, 3.05) is 76.4 Å². The van der Waals surface area contributed by atoms with Crippen molar-refractivity contribution in [3.05, 3.63) is 175 Å². The number of sulfonamides is 1. The Balaban J connectivity index is 0.784. The van der Waals surface area contributed by atoms with Crippen LogP contribution in [0.4, 0.5) is 33.3 Å². The number of amides is 3. The molecular formula is C54H47Cl4F5N6O10S. The number of carbonyl (C=O) groups excluding carboxylic acids is 3. The van der Waals surface area contributed by atoms with Gasteiger partial charge in [0.25, 0.3) is 21.8 Å². The van der Waals surface area contributed by atoms with Crippen LogP contribution in [0.3, 0.4) is 0 Å². The Kier molecular flexibility index (Phi) is 20.6. The molecule has 1 saturated heterocycles. The third-order valence-corrected chi connectivity index (χ3v) is 14.7. The van der Waals surface area contributed by atoms with Crippen molar-refractivity contribution >= 4 is 85.5 Å². The molecule has 0 saturated carbocycles. The molecule has 5 N–H and O–H groups in total. The molecule has 0 radical (unpaired) electrons. The molecule has 1 fully saturated rings. The molecule has 16 nitrogen and oxygen atoms in total. The summed E-state index contributed by atoms with van der Waals surface area (Å²) in [5.41, 5.74) is -2.82. The van der Waals surface area contributed by atoms with Crippen LogP contribution in [-0.4, -0.2) is 98.6 Å². The van der Waals surface area contributed by atoms with Crippen molar-refractivity contribution < 1.29 is 68.4 Å². The topological polar surface area (TPSA) is 215 Å². The molecule has 80 heavy (non-hydrogen) atoms. The van der Waals surface area contributed by atoms with E-state index in [1.54, 1.807) is 0 Å². The zero-order chi connectivity index (χ0) is 57.8. The Morgan fingerprint density at radius 3 is 1.99 bits per heavy atom. The van der Waals surface area contributed by atoms with Crippen molar-refractivity contribution in [2.24, 2.45) is 0 Å². The van der Waals surface area contributed by atoms with Gasteiger partial charge < -0.3 is 45.0 Å². The highest BCUT2D eigenvalue weighted by atomic mass is 35.5. The van der Waals surface area contributed by atoms with E-state index >= 15 is 8.78 Å². The predicted molar refractivity (Wildman–Crippen MR) is 289 cm³/mol. The second kappa shape index (κ2) is 27.1. The second-order valence-electron chi connectivity index (χ2n) is 17.5. The monoisotopic (exact) mass is 1210 g/mol. The molecule has 1 heterocycles. The number of nitriles is 1. The summed E-state index contributed by atoms with van der Waals surface area (Å²) in [6, 6.07) is 25.1. The van der Waals surface area contributed by atoms with E-state index in [0.717, 1.165) is 18.2 Å². The highest BCUT2D eigenvalue weighted by Crippen LogP contribution is 2.48. The van der Waals surface area contributed by atoms with Crippen LogP contribution in [0, 0.1) is 23.0 Å². The summed E-state index contributed by atoms with van der Waals surface area (Å²) in [6.07, 6.45) is -4.90. The fraction of sp³-hybridized carbons (Fsp3) is 0.259. The Bertz CT molecular complexity index is 3400. The number of carbonyl (C=O) groups is 3. The van der Waals surface area contributed by atoms with Gasteiger partial charge in [0.2, 0.25) is 5.91 Å². The molecule has 7 rings (SSSR count). The van der Waals surface area contributed by atoms with Gasteiger partial charge in [0.1, 0.15) is 28.5 Å². The number of halogens is 9. The highest BCUT2D eigenvalue weighted by Gasteiger charge is 2.55. The van der Waals surface area contributed by atoms with E-state index in [2.05, 4.69) is 32.1 Å². The van der Waals surface area contributed by atoms with Crippen LogP contribution in [0.2, 0.25) is 20.1 Å². The zero-order valence-corrected chi connectivity index (χ0v) is 45.7. The van der Waals surface area contributed by atoms with E-state index in [1.807, 2.05) is 0 Å². The van der Waals surface area contributed by atoms with Crippen LogP contribution < -0.4 is 35.5 Å². The Hall–Kier alpha value is -6.78. The quantitative estimate of drug-likeness (QED) is 0.0283. The number of anilines is 2. The van der Waals surface area contributed by atoms with E-state index < -0.39 is 78.4 Å². The van der Waals surface area contributed by atoms with Crippen molar-refractivity contribution in [1.82, 2.24) is 16.0 Å². The first-order chi connectivity index (χ1) is 38.1. The molecule has 3 amide bonds. The number of alkyl halides is 3. The third-order valence-electron chi connectivity index (χ3n) is 12.3. The highest BCUT2D eigenvalue weighted by molar-refractivity contribution is 7.92. The summed E-state index contributed by atoms with van der Waals surface area (Å²) in [4.78, 5) is 39.1. The number of benzene rings is 6. The number of nitrogens with one attached hydrogen (secondary N) is 5. The standard InChI is InChI=1S/C54H47Cl4F5N6O10S/c1-75-46-25-32(7-15-43(46)68-52(72)49-47(37-3-2-4-41(58)48(37)60)53(29-64,30-67-49)38-13-8-33(55)26-42(38)59)51(71)66-18-20-77-22-24-78-23-21-76-19-17-65-50(70)31-5-10-35(11-6-31)79-45-16-9-34(56)27-44(45)69-80(73,74)36-12-14-40(57)39(28-36)54(61,62)63/h2-16,25-28,47,49,67,69H,17-24,30H2,1H3,(H,65,70)(H,66,71)(H,68,72)/t47-,49?,53?/m0/s1. The smallest absolute Gasteiger partial charge is 0.417 e. The van der Waals surface area contributed by atoms with Crippen LogP contribution in [-0.2, 0) is 40.6 Å². The number of nitrogens with zero attached hydrogens (tertiary/aromatic N) is 1. The Morgan fingerprint density at radius 2 is 1.35 bits per heavy atom. The van der Waals surface area contributed by atoms with E-state index in [-0.39, 0.29) is 125 Å². The predicted octanol–water partition coefficient (Wildman–Crippen LogP) is 10.6. The van der Waals surface area contributed by atoms with Crippen LogP contribution in [0.5, 0.6) is 17.2 Å². The number of rotatable bonds is 24. The van der Waals surface area contributed by atoms with Gasteiger partial charge in [0.05, 0.1) is 90.7 Å². The molecule has 1 aliphatic heterocycles. The normalized spacial score (nSPS) is 16.1. The maximum absolute atomic E-state index is 15.7. The molecule has 0 aromatic heterocycles. The lowest BCUT2D eigenvalue weighted by molar-refractivity contribution is -0.137.